The largest absolute Gasteiger partial charge is 0.370 e. The molecule has 1 atom stereocenters. The number of aryl methyl sites for hydroxylation is 1. The van der Waals surface area contributed by atoms with Crippen molar-refractivity contribution in [2.45, 2.75) is 38.8 Å². The molecule has 1 saturated heterocycles. The quantitative estimate of drug-likeness (QED) is 0.919. The van der Waals surface area contributed by atoms with Crippen molar-refractivity contribution in [3.8, 4) is 0 Å². The van der Waals surface area contributed by atoms with E-state index in [9.17, 15) is 4.79 Å². The second kappa shape index (κ2) is 5.94. The monoisotopic (exact) mass is 276 g/mol. The zero-order valence-corrected chi connectivity index (χ0v) is 12.6. The van der Waals surface area contributed by atoms with Crippen LogP contribution < -0.4 is 5.73 Å². The van der Waals surface area contributed by atoms with Gasteiger partial charge >= 0.3 is 0 Å². The Bertz CT molecular complexity index is 480. The van der Waals surface area contributed by atoms with Gasteiger partial charge in [-0.1, -0.05) is 24.3 Å². The first-order valence-corrected chi connectivity index (χ1v) is 7.10. The van der Waals surface area contributed by atoms with Crippen LogP contribution in [-0.2, 0) is 9.53 Å². The van der Waals surface area contributed by atoms with Gasteiger partial charge in [0.1, 0.15) is 6.10 Å². The maximum atomic E-state index is 12.3. The summed E-state index contributed by atoms with van der Waals surface area (Å²) in [5.41, 5.74) is 7.83. The number of rotatable bonds is 3. The highest BCUT2D eigenvalue weighted by Crippen LogP contribution is 2.25. The van der Waals surface area contributed by atoms with E-state index in [0.717, 1.165) is 5.56 Å². The van der Waals surface area contributed by atoms with Crippen LogP contribution in [0.5, 0.6) is 0 Å². The molecule has 1 aromatic carbocycles. The second-order valence-electron chi connectivity index (χ2n) is 6.22. The average Bonchev–Trinajstić information content (AvgIpc) is 2.37. The highest BCUT2D eigenvalue weighted by Gasteiger charge is 2.28. The molecule has 2 N–H and O–H groups in total. The third kappa shape index (κ3) is 3.81. The fourth-order valence-corrected chi connectivity index (χ4v) is 2.51. The fourth-order valence-electron chi connectivity index (χ4n) is 2.51. The summed E-state index contributed by atoms with van der Waals surface area (Å²) in [4.78, 5) is 14.1. The third-order valence-corrected chi connectivity index (χ3v) is 3.56. The molecule has 1 aromatic rings. The van der Waals surface area contributed by atoms with E-state index >= 15 is 0 Å². The van der Waals surface area contributed by atoms with Crippen molar-refractivity contribution in [1.82, 2.24) is 4.90 Å². The van der Waals surface area contributed by atoms with Crippen molar-refractivity contribution < 1.29 is 9.53 Å². The molecular weight excluding hydrogens is 252 g/mol. The summed E-state index contributed by atoms with van der Waals surface area (Å²) in [7, 11) is 0. The van der Waals surface area contributed by atoms with E-state index in [0.29, 0.717) is 26.1 Å². The number of hydrogen-bond donors (Lipinski definition) is 1. The Morgan fingerprint density at radius 3 is 2.80 bits per heavy atom. The smallest absolute Gasteiger partial charge is 0.224 e. The van der Waals surface area contributed by atoms with Gasteiger partial charge in [-0.25, -0.2) is 0 Å². The van der Waals surface area contributed by atoms with Crippen molar-refractivity contribution in [2.24, 2.45) is 5.73 Å². The Hall–Kier alpha value is -1.39. The molecule has 4 heteroatoms. The third-order valence-electron chi connectivity index (χ3n) is 3.56. The van der Waals surface area contributed by atoms with Crippen LogP contribution in [0.1, 0.15) is 37.5 Å². The van der Waals surface area contributed by atoms with Crippen LogP contribution >= 0.6 is 0 Å². The lowest BCUT2D eigenvalue weighted by molar-refractivity contribution is -0.140. The second-order valence-corrected chi connectivity index (χ2v) is 6.22. The molecule has 1 amide bonds. The van der Waals surface area contributed by atoms with Crippen LogP contribution in [-0.4, -0.2) is 36.0 Å². The number of carbonyl (C=O) groups excluding carboxylic acids is 1. The number of nitrogens with zero attached hydrogens (tertiary/aromatic N) is 1. The molecule has 0 aromatic heterocycles. The summed E-state index contributed by atoms with van der Waals surface area (Å²) in [5.74, 6) is 0.111. The minimum Gasteiger partial charge on any atom is -0.370 e. The van der Waals surface area contributed by atoms with Crippen LogP contribution in [0.15, 0.2) is 24.3 Å². The molecule has 0 saturated carbocycles. The van der Waals surface area contributed by atoms with E-state index in [1.165, 1.54) is 5.56 Å². The lowest BCUT2D eigenvalue weighted by Crippen LogP contribution is -2.46. The normalized spacial score (nSPS) is 20.0. The summed E-state index contributed by atoms with van der Waals surface area (Å²) in [5, 5.41) is 0. The van der Waals surface area contributed by atoms with Crippen molar-refractivity contribution in [2.75, 3.05) is 19.7 Å². The zero-order valence-electron chi connectivity index (χ0n) is 12.6. The molecule has 0 radical (unpaired) electrons. The molecule has 1 heterocycles. The summed E-state index contributed by atoms with van der Waals surface area (Å²) in [6, 6.07) is 8.17. The highest BCUT2D eigenvalue weighted by atomic mass is 16.5. The van der Waals surface area contributed by atoms with Crippen LogP contribution in [0.3, 0.4) is 0 Å². The fraction of sp³-hybridized carbons (Fsp3) is 0.562. The Morgan fingerprint density at radius 2 is 2.15 bits per heavy atom. The van der Waals surface area contributed by atoms with Crippen molar-refractivity contribution in [3.05, 3.63) is 35.4 Å². The molecule has 0 bridgehead atoms. The lowest BCUT2D eigenvalue weighted by Gasteiger charge is -2.35. The first-order valence-electron chi connectivity index (χ1n) is 7.10. The average molecular weight is 276 g/mol. The van der Waals surface area contributed by atoms with Gasteiger partial charge in [-0.15, -0.1) is 0 Å². The number of nitrogens with two attached hydrogens (primary N) is 1. The molecule has 4 nitrogen and oxygen atoms in total. The first kappa shape index (κ1) is 15.0. The van der Waals surface area contributed by atoms with E-state index in [2.05, 4.69) is 19.1 Å². The highest BCUT2D eigenvalue weighted by molar-refractivity contribution is 5.77. The van der Waals surface area contributed by atoms with Crippen LogP contribution in [0, 0.1) is 6.92 Å². The Balaban J connectivity index is 2.06. The van der Waals surface area contributed by atoms with Gasteiger partial charge < -0.3 is 15.4 Å². The number of benzene rings is 1. The molecule has 0 spiro atoms. The Kier molecular flexibility index (Phi) is 4.45. The van der Waals surface area contributed by atoms with E-state index < -0.39 is 5.54 Å². The van der Waals surface area contributed by atoms with E-state index in [1.807, 2.05) is 30.9 Å². The molecule has 1 fully saturated rings. The number of carbonyl (C=O) groups is 1. The van der Waals surface area contributed by atoms with Crippen LogP contribution in [0.4, 0.5) is 0 Å². The summed E-state index contributed by atoms with van der Waals surface area (Å²) in [6.07, 6.45) is 0.336. The van der Waals surface area contributed by atoms with Gasteiger partial charge in [-0.05, 0) is 31.9 Å². The summed E-state index contributed by atoms with van der Waals surface area (Å²) < 4.78 is 5.83. The Morgan fingerprint density at radius 1 is 1.45 bits per heavy atom. The zero-order chi connectivity index (χ0) is 14.8. The first-order chi connectivity index (χ1) is 9.37. The maximum Gasteiger partial charge on any atom is 0.224 e. The minimum absolute atomic E-state index is 0.0326. The van der Waals surface area contributed by atoms with Gasteiger partial charge in [0.25, 0.3) is 0 Å². The molecule has 110 valence electrons. The van der Waals surface area contributed by atoms with Crippen molar-refractivity contribution >= 4 is 5.91 Å². The SMILES string of the molecule is Cc1ccccc1[C@H]1CN(C(=O)CC(C)(C)N)CCO1. The van der Waals surface area contributed by atoms with Gasteiger partial charge in [-0.2, -0.15) is 0 Å². The number of morpholine rings is 1. The molecule has 2 rings (SSSR count). The predicted octanol–water partition coefficient (Wildman–Crippen LogP) is 2.02. The van der Waals surface area contributed by atoms with Gasteiger partial charge in [0.05, 0.1) is 13.2 Å². The summed E-state index contributed by atoms with van der Waals surface area (Å²) >= 11 is 0. The number of amides is 1. The van der Waals surface area contributed by atoms with Gasteiger partial charge in [-0.3, -0.25) is 4.79 Å². The number of hydrogen-bond acceptors (Lipinski definition) is 3. The van der Waals surface area contributed by atoms with Gasteiger partial charge in [0.2, 0.25) is 5.91 Å². The predicted molar refractivity (Wildman–Crippen MR) is 79.3 cm³/mol. The lowest BCUT2D eigenvalue weighted by atomic mass is 9.99. The minimum atomic E-state index is -0.465. The van der Waals surface area contributed by atoms with Crippen LogP contribution in [0.2, 0.25) is 0 Å². The standard InChI is InChI=1S/C16H24N2O2/c1-12-6-4-5-7-13(12)14-11-18(8-9-20-14)15(19)10-16(2,3)17/h4-7,14H,8-11,17H2,1-3H3/t14-/m1/s1. The van der Waals surface area contributed by atoms with Crippen molar-refractivity contribution in [3.63, 3.8) is 0 Å². The topological polar surface area (TPSA) is 55.6 Å². The van der Waals surface area contributed by atoms with Crippen molar-refractivity contribution in [1.29, 1.82) is 0 Å². The van der Waals surface area contributed by atoms with E-state index in [-0.39, 0.29) is 12.0 Å². The maximum absolute atomic E-state index is 12.3. The van der Waals surface area contributed by atoms with Gasteiger partial charge in [0, 0.05) is 18.5 Å². The molecule has 1 aliphatic rings. The number of ether oxygens (including phenoxy) is 1. The van der Waals surface area contributed by atoms with Gasteiger partial charge in [0.15, 0.2) is 0 Å². The molecule has 0 aliphatic carbocycles. The van der Waals surface area contributed by atoms with E-state index in [1.54, 1.807) is 0 Å². The Labute approximate surface area is 120 Å². The molecule has 1 aliphatic heterocycles. The molecule has 0 unspecified atom stereocenters. The van der Waals surface area contributed by atoms with Crippen LogP contribution in [0.25, 0.3) is 0 Å². The van der Waals surface area contributed by atoms with E-state index in [4.69, 9.17) is 10.5 Å². The molecule has 20 heavy (non-hydrogen) atoms. The summed E-state index contributed by atoms with van der Waals surface area (Å²) in [6.45, 7) is 7.67. The molecular formula is C16H24N2O2.